The summed E-state index contributed by atoms with van der Waals surface area (Å²) in [5, 5.41) is 2.83. The molecule has 7 heteroatoms. The molecular formula is C21H28N2O4S. The fourth-order valence-corrected chi connectivity index (χ4v) is 4.32. The molecule has 0 aliphatic carbocycles. The first-order chi connectivity index (χ1) is 13.1. The van der Waals surface area contributed by atoms with E-state index in [-0.39, 0.29) is 5.91 Å². The molecule has 1 N–H and O–H groups in total. The van der Waals surface area contributed by atoms with E-state index >= 15 is 0 Å². The van der Waals surface area contributed by atoms with Crippen molar-refractivity contribution < 1.29 is 17.9 Å². The Morgan fingerprint density at radius 2 is 1.68 bits per heavy atom. The summed E-state index contributed by atoms with van der Waals surface area (Å²) < 4.78 is 31.1. The van der Waals surface area contributed by atoms with Crippen LogP contribution in [0.15, 0.2) is 42.5 Å². The van der Waals surface area contributed by atoms with Crippen LogP contribution in [0.4, 0.5) is 5.69 Å². The third-order valence-corrected chi connectivity index (χ3v) is 5.66. The van der Waals surface area contributed by atoms with Gasteiger partial charge < -0.3 is 10.1 Å². The fourth-order valence-electron chi connectivity index (χ4n) is 3.16. The highest BCUT2D eigenvalue weighted by Gasteiger charge is 2.29. The van der Waals surface area contributed by atoms with Gasteiger partial charge in [0.25, 0.3) is 0 Å². The molecule has 0 saturated carbocycles. The number of carbonyl (C=O) groups excluding carboxylic acids is 1. The smallest absolute Gasteiger partial charge is 0.243 e. The van der Waals surface area contributed by atoms with Crippen LogP contribution >= 0.6 is 0 Å². The number of ether oxygens (including phenoxy) is 1. The Morgan fingerprint density at radius 3 is 2.18 bits per heavy atom. The van der Waals surface area contributed by atoms with E-state index in [0.29, 0.717) is 18.7 Å². The van der Waals surface area contributed by atoms with Crippen LogP contribution in [-0.4, -0.2) is 40.3 Å². The lowest BCUT2D eigenvalue weighted by Gasteiger charge is -2.28. The van der Waals surface area contributed by atoms with Gasteiger partial charge >= 0.3 is 0 Å². The predicted octanol–water partition coefficient (Wildman–Crippen LogP) is 2.83. The maximum atomic E-state index is 12.6. The van der Waals surface area contributed by atoms with Crippen molar-refractivity contribution in [3.63, 3.8) is 0 Å². The van der Waals surface area contributed by atoms with E-state index in [0.717, 1.165) is 28.7 Å². The Kier molecular flexibility index (Phi) is 7.07. The number of anilines is 1. The normalized spacial score (nSPS) is 12.3. The molecule has 2 rings (SSSR count). The topological polar surface area (TPSA) is 75.7 Å². The van der Waals surface area contributed by atoms with E-state index in [1.807, 2.05) is 44.2 Å². The van der Waals surface area contributed by atoms with Gasteiger partial charge in [0.15, 0.2) is 0 Å². The zero-order valence-electron chi connectivity index (χ0n) is 17.0. The number of carbonyl (C=O) groups is 1. The second-order valence-corrected chi connectivity index (χ2v) is 8.83. The molecule has 0 heterocycles. The number of hydrogen-bond acceptors (Lipinski definition) is 4. The van der Waals surface area contributed by atoms with Crippen LogP contribution in [-0.2, 0) is 21.2 Å². The quantitative estimate of drug-likeness (QED) is 0.734. The van der Waals surface area contributed by atoms with Gasteiger partial charge in [-0.25, -0.2) is 8.42 Å². The van der Waals surface area contributed by atoms with E-state index in [1.165, 1.54) is 4.31 Å². The first-order valence-corrected chi connectivity index (χ1v) is 10.9. The third-order valence-electron chi connectivity index (χ3n) is 4.42. The molecule has 0 unspecified atom stereocenters. The summed E-state index contributed by atoms with van der Waals surface area (Å²) in [5.41, 5.74) is 3.44. The molecule has 2 aromatic carbocycles. The van der Waals surface area contributed by atoms with Crippen molar-refractivity contribution in [3.8, 4) is 5.75 Å². The van der Waals surface area contributed by atoms with Crippen molar-refractivity contribution in [1.29, 1.82) is 0 Å². The van der Waals surface area contributed by atoms with Gasteiger partial charge in [0.2, 0.25) is 15.9 Å². The molecule has 6 nitrogen and oxygen atoms in total. The molecule has 0 saturated heterocycles. The second-order valence-electron chi connectivity index (χ2n) is 6.97. The van der Waals surface area contributed by atoms with Crippen molar-refractivity contribution in [2.45, 2.75) is 33.2 Å². The second kappa shape index (κ2) is 9.10. The summed E-state index contributed by atoms with van der Waals surface area (Å²) in [7, 11) is -2.01. The van der Waals surface area contributed by atoms with Crippen LogP contribution in [0, 0.1) is 13.8 Å². The van der Waals surface area contributed by atoms with Gasteiger partial charge in [-0.3, -0.25) is 9.10 Å². The minimum absolute atomic E-state index is 0.335. The maximum absolute atomic E-state index is 12.6. The van der Waals surface area contributed by atoms with Crippen molar-refractivity contribution in [2.75, 3.05) is 24.2 Å². The Bertz CT molecular complexity index is 904. The number of nitrogens with one attached hydrogen (secondary N) is 1. The summed E-state index contributed by atoms with van der Waals surface area (Å²) in [6.45, 7) is 5.81. The predicted molar refractivity (Wildman–Crippen MR) is 112 cm³/mol. The minimum Gasteiger partial charge on any atom is -0.497 e. The lowest BCUT2D eigenvalue weighted by Crippen LogP contribution is -2.48. The number of aryl methyl sites for hydroxylation is 2. The summed E-state index contributed by atoms with van der Waals surface area (Å²) in [4.78, 5) is 12.6. The lowest BCUT2D eigenvalue weighted by molar-refractivity contribution is -0.121. The van der Waals surface area contributed by atoms with Gasteiger partial charge in [-0.15, -0.1) is 0 Å². The first-order valence-electron chi connectivity index (χ1n) is 9.10. The maximum Gasteiger partial charge on any atom is 0.243 e. The van der Waals surface area contributed by atoms with Gasteiger partial charge in [0.1, 0.15) is 11.8 Å². The summed E-state index contributed by atoms with van der Waals surface area (Å²) in [6.07, 6.45) is 1.76. The van der Waals surface area contributed by atoms with Crippen molar-refractivity contribution >= 4 is 21.6 Å². The molecule has 0 bridgehead atoms. The Labute approximate surface area is 167 Å². The average molecular weight is 405 g/mol. The Balaban J connectivity index is 2.08. The van der Waals surface area contributed by atoms with Crippen LogP contribution in [0.1, 0.15) is 23.6 Å². The van der Waals surface area contributed by atoms with Crippen LogP contribution in [0.3, 0.4) is 0 Å². The van der Waals surface area contributed by atoms with Crippen LogP contribution < -0.4 is 14.4 Å². The zero-order valence-corrected chi connectivity index (χ0v) is 17.8. The van der Waals surface area contributed by atoms with Crippen molar-refractivity contribution in [2.24, 2.45) is 0 Å². The molecule has 2 aromatic rings. The van der Waals surface area contributed by atoms with Crippen LogP contribution in [0.25, 0.3) is 0 Å². The van der Waals surface area contributed by atoms with Crippen molar-refractivity contribution in [3.05, 3.63) is 59.2 Å². The van der Waals surface area contributed by atoms with E-state index in [1.54, 1.807) is 26.2 Å². The lowest BCUT2D eigenvalue weighted by atomic mass is 10.1. The number of rotatable bonds is 8. The SMILES string of the molecule is COc1ccc(CCNC(=O)[C@H](C)N(c2cc(C)cc(C)c2)S(C)(=O)=O)cc1. The number of sulfonamides is 1. The summed E-state index contributed by atoms with van der Waals surface area (Å²) in [6, 6.07) is 12.3. The molecular weight excluding hydrogens is 376 g/mol. The van der Waals surface area contributed by atoms with Crippen molar-refractivity contribution in [1.82, 2.24) is 5.32 Å². The largest absolute Gasteiger partial charge is 0.497 e. The van der Waals surface area contributed by atoms with E-state index in [9.17, 15) is 13.2 Å². The molecule has 0 fully saturated rings. The molecule has 152 valence electrons. The van der Waals surface area contributed by atoms with Gasteiger partial charge in [-0.1, -0.05) is 18.2 Å². The average Bonchev–Trinajstić information content (AvgIpc) is 2.60. The summed E-state index contributed by atoms with van der Waals surface area (Å²) >= 11 is 0. The number of hydrogen-bond donors (Lipinski definition) is 1. The van der Waals surface area contributed by atoms with E-state index in [2.05, 4.69) is 5.32 Å². The minimum atomic E-state index is -3.62. The van der Waals surface area contributed by atoms with Gasteiger partial charge in [0.05, 0.1) is 19.1 Å². The number of benzene rings is 2. The van der Waals surface area contributed by atoms with Crippen LogP contribution in [0.5, 0.6) is 5.75 Å². The standard InChI is InChI=1S/C21H28N2O4S/c1-15-12-16(2)14-19(13-15)23(28(5,25)26)17(3)21(24)22-11-10-18-6-8-20(27-4)9-7-18/h6-9,12-14,17H,10-11H2,1-5H3,(H,22,24)/t17-/m0/s1. The molecule has 28 heavy (non-hydrogen) atoms. The number of nitrogens with zero attached hydrogens (tertiary/aromatic N) is 1. The highest BCUT2D eigenvalue weighted by molar-refractivity contribution is 7.92. The highest BCUT2D eigenvalue weighted by Crippen LogP contribution is 2.24. The van der Waals surface area contributed by atoms with E-state index < -0.39 is 16.1 Å². The van der Waals surface area contributed by atoms with Gasteiger partial charge in [-0.05, 0) is 68.1 Å². The molecule has 0 spiro atoms. The Hall–Kier alpha value is -2.54. The Morgan fingerprint density at radius 1 is 1.11 bits per heavy atom. The number of methoxy groups -OCH3 is 1. The molecule has 0 aromatic heterocycles. The fraction of sp³-hybridized carbons (Fsp3) is 0.381. The highest BCUT2D eigenvalue weighted by atomic mass is 32.2. The molecule has 0 radical (unpaired) electrons. The van der Waals surface area contributed by atoms with Gasteiger partial charge in [-0.2, -0.15) is 0 Å². The zero-order chi connectivity index (χ0) is 20.9. The van der Waals surface area contributed by atoms with Gasteiger partial charge in [0, 0.05) is 6.54 Å². The number of amides is 1. The van der Waals surface area contributed by atoms with E-state index in [4.69, 9.17) is 4.74 Å². The van der Waals surface area contributed by atoms with Crippen LogP contribution in [0.2, 0.25) is 0 Å². The third kappa shape index (κ3) is 5.73. The molecule has 1 atom stereocenters. The first kappa shape index (κ1) is 21.8. The molecule has 0 aliphatic rings. The molecule has 1 amide bonds. The monoisotopic (exact) mass is 404 g/mol. The molecule has 0 aliphatic heterocycles. The summed E-state index contributed by atoms with van der Waals surface area (Å²) in [5.74, 6) is 0.441.